The van der Waals surface area contributed by atoms with Gasteiger partial charge in [0.1, 0.15) is 5.75 Å². The van der Waals surface area contributed by atoms with Crippen LogP contribution in [0.5, 0.6) is 5.75 Å². The van der Waals surface area contributed by atoms with Crippen LogP contribution in [-0.4, -0.2) is 26.7 Å². The summed E-state index contributed by atoms with van der Waals surface area (Å²) in [6, 6.07) is 13.9. The summed E-state index contributed by atoms with van der Waals surface area (Å²) in [5.41, 5.74) is 3.04. The van der Waals surface area contributed by atoms with Crippen molar-refractivity contribution in [2.75, 3.05) is 12.4 Å². The first-order valence-corrected chi connectivity index (χ1v) is 7.93. The van der Waals surface area contributed by atoms with Gasteiger partial charge >= 0.3 is 0 Å². The second-order valence-electron chi connectivity index (χ2n) is 5.15. The molecule has 2 N–H and O–H groups in total. The van der Waals surface area contributed by atoms with Crippen LogP contribution in [0.15, 0.2) is 46.9 Å². The van der Waals surface area contributed by atoms with E-state index in [2.05, 4.69) is 36.3 Å². The zero-order valence-electron chi connectivity index (χ0n) is 12.4. The number of nitrogens with one attached hydrogen (secondary N) is 2. The first-order valence-electron chi connectivity index (χ1n) is 7.13. The molecule has 4 aromatic rings. The molecule has 0 radical (unpaired) electrons. The highest BCUT2D eigenvalue weighted by molar-refractivity contribution is 9.10. The number of anilines is 1. The number of H-pyrrole nitrogens is 1. The Morgan fingerprint density at radius 3 is 2.78 bits per heavy atom. The number of aromatic nitrogens is 4. The minimum Gasteiger partial charge on any atom is -0.497 e. The third kappa shape index (κ3) is 2.63. The number of hydrogen-bond donors (Lipinski definition) is 2. The maximum absolute atomic E-state index is 5.16. The molecule has 23 heavy (non-hydrogen) atoms. The molecule has 7 heteroatoms. The summed E-state index contributed by atoms with van der Waals surface area (Å²) in [4.78, 5) is 8.98. The molecule has 0 bridgehead atoms. The van der Waals surface area contributed by atoms with Crippen LogP contribution in [0.2, 0.25) is 0 Å². The number of nitrogens with zero attached hydrogens (tertiary/aromatic N) is 3. The van der Waals surface area contributed by atoms with Crippen LogP contribution in [0.3, 0.4) is 0 Å². The quantitative estimate of drug-likeness (QED) is 0.575. The van der Waals surface area contributed by atoms with E-state index in [4.69, 9.17) is 4.74 Å². The van der Waals surface area contributed by atoms with Crippen molar-refractivity contribution < 1.29 is 4.74 Å². The van der Waals surface area contributed by atoms with E-state index >= 15 is 0 Å². The zero-order valence-corrected chi connectivity index (χ0v) is 14.0. The summed E-state index contributed by atoms with van der Waals surface area (Å²) in [5.74, 6) is 2.19. The molecule has 0 atom stereocenters. The number of methoxy groups -OCH3 is 1. The van der Waals surface area contributed by atoms with Gasteiger partial charge in [-0.05, 0) is 35.9 Å². The van der Waals surface area contributed by atoms with Gasteiger partial charge in [-0.25, -0.2) is 9.50 Å². The molecular formula is C16H14BrN5O. The lowest BCUT2D eigenvalue weighted by atomic mass is 10.2. The second-order valence-corrected chi connectivity index (χ2v) is 6.07. The summed E-state index contributed by atoms with van der Waals surface area (Å²) >= 11 is 3.45. The lowest BCUT2D eigenvalue weighted by Gasteiger charge is -2.04. The zero-order chi connectivity index (χ0) is 15.8. The van der Waals surface area contributed by atoms with Crippen molar-refractivity contribution in [1.29, 1.82) is 0 Å². The van der Waals surface area contributed by atoms with Gasteiger partial charge in [-0.15, -0.1) is 0 Å². The Balaban J connectivity index is 1.57. The van der Waals surface area contributed by atoms with E-state index < -0.39 is 0 Å². The molecule has 2 aromatic heterocycles. The van der Waals surface area contributed by atoms with E-state index in [0.29, 0.717) is 18.3 Å². The number of imidazole rings is 1. The number of ether oxygens (including phenoxy) is 1. The van der Waals surface area contributed by atoms with E-state index in [9.17, 15) is 0 Å². The molecule has 4 rings (SSSR count). The van der Waals surface area contributed by atoms with Gasteiger partial charge in [0.05, 0.1) is 18.1 Å². The van der Waals surface area contributed by atoms with E-state index in [1.54, 1.807) is 7.11 Å². The largest absolute Gasteiger partial charge is 0.497 e. The first-order chi connectivity index (χ1) is 11.2. The van der Waals surface area contributed by atoms with Crippen molar-refractivity contribution in [2.24, 2.45) is 0 Å². The van der Waals surface area contributed by atoms with Crippen LogP contribution in [0.1, 0.15) is 5.56 Å². The van der Waals surface area contributed by atoms with Crippen molar-refractivity contribution in [3.63, 3.8) is 0 Å². The van der Waals surface area contributed by atoms with Crippen molar-refractivity contribution >= 4 is 38.7 Å². The molecule has 0 saturated carbocycles. The van der Waals surface area contributed by atoms with Gasteiger partial charge < -0.3 is 10.1 Å². The lowest BCUT2D eigenvalue weighted by molar-refractivity contribution is 0.414. The maximum atomic E-state index is 5.16. The molecule has 0 fully saturated rings. The van der Waals surface area contributed by atoms with Gasteiger partial charge in [0.2, 0.25) is 5.95 Å². The van der Waals surface area contributed by atoms with Crippen molar-refractivity contribution in [3.05, 3.63) is 52.5 Å². The Morgan fingerprint density at radius 1 is 1.17 bits per heavy atom. The molecule has 0 amide bonds. The highest BCUT2D eigenvalue weighted by atomic mass is 79.9. The SMILES string of the molecule is COc1ccc(CNc2nc3nc4cc(Br)ccc4n3[nH]2)cc1. The lowest BCUT2D eigenvalue weighted by Crippen LogP contribution is -2.01. The number of benzene rings is 2. The summed E-state index contributed by atoms with van der Waals surface area (Å²) in [6.45, 7) is 0.671. The molecule has 2 heterocycles. The normalized spacial score (nSPS) is 11.2. The molecule has 0 unspecified atom stereocenters. The summed E-state index contributed by atoms with van der Waals surface area (Å²) < 4.78 is 8.03. The Hall–Kier alpha value is -2.54. The fraction of sp³-hybridized carbons (Fsp3) is 0.125. The minimum atomic E-state index is 0.648. The number of fused-ring (bicyclic) bond motifs is 3. The Labute approximate surface area is 140 Å². The van der Waals surface area contributed by atoms with Crippen LogP contribution in [-0.2, 0) is 6.54 Å². The number of rotatable bonds is 4. The molecule has 116 valence electrons. The molecule has 0 spiro atoms. The monoisotopic (exact) mass is 371 g/mol. The van der Waals surface area contributed by atoms with Crippen LogP contribution in [0.4, 0.5) is 5.95 Å². The van der Waals surface area contributed by atoms with E-state index in [1.165, 1.54) is 0 Å². The summed E-state index contributed by atoms with van der Waals surface area (Å²) in [6.07, 6.45) is 0. The highest BCUT2D eigenvalue weighted by Crippen LogP contribution is 2.21. The third-order valence-corrected chi connectivity index (χ3v) is 4.14. The van der Waals surface area contributed by atoms with E-state index in [0.717, 1.165) is 26.8 Å². The first kappa shape index (κ1) is 14.1. The Kier molecular flexibility index (Phi) is 3.42. The number of aromatic amines is 1. The van der Waals surface area contributed by atoms with Crippen molar-refractivity contribution in [2.45, 2.75) is 6.54 Å². The highest BCUT2D eigenvalue weighted by Gasteiger charge is 2.09. The van der Waals surface area contributed by atoms with Gasteiger partial charge in [0.15, 0.2) is 0 Å². The third-order valence-electron chi connectivity index (χ3n) is 3.65. The minimum absolute atomic E-state index is 0.648. The molecule has 0 aliphatic heterocycles. The van der Waals surface area contributed by atoms with Crippen LogP contribution < -0.4 is 10.1 Å². The Bertz CT molecular complexity index is 973. The van der Waals surface area contributed by atoms with Crippen molar-refractivity contribution in [3.8, 4) is 5.75 Å². The molecular weight excluding hydrogens is 358 g/mol. The standard InChI is InChI=1S/C16H14BrN5O/c1-23-12-5-2-10(3-6-12)9-18-15-20-16-19-13-8-11(17)4-7-14(13)22(16)21-15/h2-8H,9H2,1H3,(H2,18,19,20,21). The second kappa shape index (κ2) is 5.58. The van der Waals surface area contributed by atoms with E-state index in [1.807, 2.05) is 47.0 Å². The smallest absolute Gasteiger partial charge is 0.253 e. The molecule has 0 saturated heterocycles. The van der Waals surface area contributed by atoms with Crippen LogP contribution in [0.25, 0.3) is 16.8 Å². The van der Waals surface area contributed by atoms with Gasteiger partial charge in [0, 0.05) is 11.0 Å². The Morgan fingerprint density at radius 2 is 2.00 bits per heavy atom. The van der Waals surface area contributed by atoms with Gasteiger partial charge in [-0.2, -0.15) is 4.98 Å². The number of hydrogen-bond acceptors (Lipinski definition) is 4. The predicted molar refractivity (Wildman–Crippen MR) is 92.9 cm³/mol. The fourth-order valence-corrected chi connectivity index (χ4v) is 2.81. The van der Waals surface area contributed by atoms with Gasteiger partial charge in [-0.3, -0.25) is 5.10 Å². The maximum Gasteiger partial charge on any atom is 0.253 e. The summed E-state index contributed by atoms with van der Waals surface area (Å²) in [5, 5.41) is 6.50. The molecule has 0 aliphatic rings. The molecule has 2 aromatic carbocycles. The van der Waals surface area contributed by atoms with Crippen LogP contribution in [0, 0.1) is 0 Å². The topological polar surface area (TPSA) is 67.2 Å². The van der Waals surface area contributed by atoms with Gasteiger partial charge in [-0.1, -0.05) is 28.1 Å². The van der Waals surface area contributed by atoms with Gasteiger partial charge in [0.25, 0.3) is 5.78 Å². The van der Waals surface area contributed by atoms with Crippen molar-refractivity contribution in [1.82, 2.24) is 19.6 Å². The number of halogens is 1. The average molecular weight is 372 g/mol. The average Bonchev–Trinajstić information content (AvgIpc) is 3.10. The summed E-state index contributed by atoms with van der Waals surface area (Å²) in [7, 11) is 1.66. The fourth-order valence-electron chi connectivity index (χ4n) is 2.47. The predicted octanol–water partition coefficient (Wildman–Crippen LogP) is 3.59. The van der Waals surface area contributed by atoms with E-state index in [-0.39, 0.29) is 0 Å². The molecule has 0 aliphatic carbocycles. The van der Waals surface area contributed by atoms with Crippen LogP contribution >= 0.6 is 15.9 Å². The molecule has 6 nitrogen and oxygen atoms in total.